The normalized spacial score (nSPS) is 14.2. The van der Waals surface area contributed by atoms with Crippen molar-refractivity contribution in [2.75, 3.05) is 24.7 Å². The number of nitrogens with one attached hydrogen (secondary N) is 1. The second kappa shape index (κ2) is 9.22. The Morgan fingerprint density at radius 3 is 2.72 bits per heavy atom. The third kappa shape index (κ3) is 5.03. The number of anilines is 1. The quantitative estimate of drug-likeness (QED) is 0.595. The van der Waals surface area contributed by atoms with E-state index < -0.39 is 11.6 Å². The highest BCUT2D eigenvalue weighted by molar-refractivity contribution is 8.13. The number of halogens is 2. The molecule has 0 aliphatic carbocycles. The van der Waals surface area contributed by atoms with Crippen LogP contribution in [0.25, 0.3) is 5.70 Å². The fourth-order valence-corrected chi connectivity index (χ4v) is 3.66. The fraction of sp³-hybridized carbons (Fsp3) is 0.273. The van der Waals surface area contributed by atoms with Crippen molar-refractivity contribution >= 4 is 34.2 Å². The molecule has 0 spiro atoms. The lowest BCUT2D eigenvalue weighted by molar-refractivity contribution is -0.119. The first-order valence-corrected chi connectivity index (χ1v) is 10.5. The second-order valence-electron chi connectivity index (χ2n) is 6.78. The van der Waals surface area contributed by atoms with Gasteiger partial charge in [0.2, 0.25) is 5.91 Å². The van der Waals surface area contributed by atoms with Crippen molar-refractivity contribution in [1.29, 1.82) is 0 Å². The highest BCUT2D eigenvalue weighted by Crippen LogP contribution is 2.30. The molecule has 1 aliphatic rings. The van der Waals surface area contributed by atoms with Crippen LogP contribution in [0.1, 0.15) is 23.6 Å². The zero-order valence-electron chi connectivity index (χ0n) is 16.6. The number of carbonyl (C=O) groups is 1. The maximum Gasteiger partial charge on any atom is 0.230 e. The van der Waals surface area contributed by atoms with Gasteiger partial charge in [0, 0.05) is 24.8 Å². The molecule has 152 valence electrons. The molecule has 4 nitrogen and oxygen atoms in total. The zero-order valence-corrected chi connectivity index (χ0v) is 17.4. The van der Waals surface area contributed by atoms with E-state index in [0.29, 0.717) is 10.7 Å². The minimum absolute atomic E-state index is 0.0624. The molecule has 2 aromatic rings. The molecule has 2 aromatic carbocycles. The maximum absolute atomic E-state index is 13.3. The van der Waals surface area contributed by atoms with Crippen molar-refractivity contribution in [2.45, 2.75) is 19.8 Å². The second-order valence-corrected chi connectivity index (χ2v) is 7.58. The summed E-state index contributed by atoms with van der Waals surface area (Å²) in [5, 5.41) is 3.20. The summed E-state index contributed by atoms with van der Waals surface area (Å²) in [6.07, 6.45) is 4.66. The van der Waals surface area contributed by atoms with Crippen LogP contribution in [0, 0.1) is 11.6 Å². The Bertz CT molecular complexity index is 988. The lowest BCUT2D eigenvalue weighted by atomic mass is 10.1. The summed E-state index contributed by atoms with van der Waals surface area (Å²) in [4.78, 5) is 19.2. The van der Waals surface area contributed by atoms with Crippen LogP contribution in [-0.2, 0) is 17.6 Å². The van der Waals surface area contributed by atoms with Gasteiger partial charge >= 0.3 is 0 Å². The molecule has 0 fully saturated rings. The summed E-state index contributed by atoms with van der Waals surface area (Å²) in [5.74, 6) is -2.23. The first kappa shape index (κ1) is 21.0. The van der Waals surface area contributed by atoms with Crippen LogP contribution in [0.15, 0.2) is 47.5 Å². The van der Waals surface area contributed by atoms with Crippen molar-refractivity contribution in [1.82, 2.24) is 5.32 Å². The highest BCUT2D eigenvalue weighted by Gasteiger charge is 2.17. The predicted molar refractivity (Wildman–Crippen MR) is 116 cm³/mol. The van der Waals surface area contributed by atoms with Crippen molar-refractivity contribution in [2.24, 2.45) is 4.99 Å². The Balaban J connectivity index is 1.73. The first-order valence-electron chi connectivity index (χ1n) is 9.28. The molecule has 1 N–H and O–H groups in total. The van der Waals surface area contributed by atoms with Gasteiger partial charge in [-0.15, -0.1) is 0 Å². The van der Waals surface area contributed by atoms with E-state index >= 15 is 0 Å². The van der Waals surface area contributed by atoms with E-state index in [0.717, 1.165) is 36.4 Å². The molecule has 0 bridgehead atoms. The third-order valence-corrected chi connectivity index (χ3v) is 5.37. The van der Waals surface area contributed by atoms with E-state index in [1.54, 1.807) is 0 Å². The van der Waals surface area contributed by atoms with Gasteiger partial charge in [-0.1, -0.05) is 30.0 Å². The molecule has 0 saturated carbocycles. The van der Waals surface area contributed by atoms with Gasteiger partial charge in [0.1, 0.15) is 0 Å². The summed E-state index contributed by atoms with van der Waals surface area (Å²) < 4.78 is 26.4. The van der Waals surface area contributed by atoms with Crippen LogP contribution in [-0.4, -0.2) is 30.9 Å². The molecular formula is C22H23F2N3OS. The molecule has 7 heteroatoms. The molecule has 1 aliphatic heterocycles. The van der Waals surface area contributed by atoms with Gasteiger partial charge in [0.25, 0.3) is 0 Å². The molecule has 29 heavy (non-hydrogen) atoms. The maximum atomic E-state index is 13.3. The van der Waals surface area contributed by atoms with E-state index in [9.17, 15) is 13.6 Å². The van der Waals surface area contributed by atoms with Crippen LogP contribution in [0.4, 0.5) is 14.5 Å². The molecule has 1 heterocycles. The number of thioether (sulfide) groups is 1. The Morgan fingerprint density at radius 2 is 2.03 bits per heavy atom. The zero-order chi connectivity index (χ0) is 21.0. The molecule has 1 amide bonds. The van der Waals surface area contributed by atoms with Gasteiger partial charge in [-0.2, -0.15) is 0 Å². The van der Waals surface area contributed by atoms with Gasteiger partial charge in [0.15, 0.2) is 16.8 Å². The fourth-order valence-electron chi connectivity index (χ4n) is 3.25. The topological polar surface area (TPSA) is 44.7 Å². The monoisotopic (exact) mass is 415 g/mol. The number of amidine groups is 1. The number of carbonyl (C=O) groups excluding carboxylic acids is 1. The van der Waals surface area contributed by atoms with Crippen LogP contribution in [0.2, 0.25) is 0 Å². The number of fused-ring (bicyclic) bond motifs is 1. The van der Waals surface area contributed by atoms with Gasteiger partial charge in [-0.3, -0.25) is 4.79 Å². The summed E-state index contributed by atoms with van der Waals surface area (Å²) in [6.45, 7) is 2.91. The van der Waals surface area contributed by atoms with Crippen molar-refractivity contribution in [3.05, 3.63) is 70.8 Å². The van der Waals surface area contributed by atoms with E-state index in [4.69, 9.17) is 0 Å². The molecule has 0 aromatic heterocycles. The molecule has 0 atom stereocenters. The predicted octanol–water partition coefficient (Wildman–Crippen LogP) is 4.40. The van der Waals surface area contributed by atoms with Gasteiger partial charge in [-0.05, 0) is 55.0 Å². The molecule has 0 saturated heterocycles. The van der Waals surface area contributed by atoms with Gasteiger partial charge < -0.3 is 10.2 Å². The van der Waals surface area contributed by atoms with E-state index in [-0.39, 0.29) is 12.3 Å². The molecule has 0 unspecified atom stereocenters. The SMILES string of the molecule is C/C=C(/N=C(NC(=O)Cc1ccc(F)c(F)c1)SC)c1ccc2c(c1)CCN2C. The Morgan fingerprint density at radius 1 is 1.24 bits per heavy atom. The smallest absolute Gasteiger partial charge is 0.230 e. The molecule has 3 rings (SSSR count). The number of allylic oxidation sites excluding steroid dienone is 1. The number of hydrogen-bond acceptors (Lipinski definition) is 4. The van der Waals surface area contributed by atoms with Crippen LogP contribution >= 0.6 is 11.8 Å². The van der Waals surface area contributed by atoms with Crippen LogP contribution in [0.3, 0.4) is 0 Å². The number of likely N-dealkylation sites (N-methyl/N-ethyl adjacent to an activating group) is 1. The van der Waals surface area contributed by atoms with Crippen LogP contribution < -0.4 is 10.2 Å². The number of amides is 1. The standard InChI is InChI=1S/C22H23F2N3OS/c1-4-19(15-6-8-20-16(13-15)9-10-27(20)2)25-22(29-3)26-21(28)12-14-5-7-17(23)18(24)11-14/h4-8,11,13H,9-10,12H2,1-3H3,(H,25,26,28)/b19-4+. The Labute approximate surface area is 173 Å². The van der Waals surface area contributed by atoms with Gasteiger partial charge in [0.05, 0.1) is 12.1 Å². The summed E-state index contributed by atoms with van der Waals surface area (Å²) in [6, 6.07) is 9.71. The average molecular weight is 416 g/mol. The number of rotatable bonds is 4. The van der Waals surface area contributed by atoms with Crippen LogP contribution in [0.5, 0.6) is 0 Å². The van der Waals surface area contributed by atoms with Gasteiger partial charge in [-0.25, -0.2) is 13.8 Å². The minimum Gasteiger partial charge on any atom is -0.374 e. The summed E-state index contributed by atoms with van der Waals surface area (Å²) >= 11 is 1.31. The van der Waals surface area contributed by atoms with E-state index in [2.05, 4.69) is 34.4 Å². The number of aliphatic imine (C=N–C) groups is 1. The van der Waals surface area contributed by atoms with Crippen molar-refractivity contribution < 1.29 is 13.6 Å². The number of nitrogens with zero attached hydrogens (tertiary/aromatic N) is 2. The van der Waals surface area contributed by atoms with E-state index in [1.165, 1.54) is 29.1 Å². The number of benzene rings is 2. The average Bonchev–Trinajstić information content (AvgIpc) is 3.08. The lowest BCUT2D eigenvalue weighted by Crippen LogP contribution is -2.29. The number of hydrogen-bond donors (Lipinski definition) is 1. The van der Waals surface area contributed by atoms with Crippen molar-refractivity contribution in [3.8, 4) is 0 Å². The van der Waals surface area contributed by atoms with Crippen molar-refractivity contribution in [3.63, 3.8) is 0 Å². The first-order chi connectivity index (χ1) is 13.9. The summed E-state index contributed by atoms with van der Waals surface area (Å²) in [7, 11) is 2.08. The van der Waals surface area contributed by atoms with E-state index in [1.807, 2.05) is 25.3 Å². The molecule has 0 radical (unpaired) electrons. The minimum atomic E-state index is -0.965. The Kier molecular flexibility index (Phi) is 6.69. The lowest BCUT2D eigenvalue weighted by Gasteiger charge is -2.13. The highest BCUT2D eigenvalue weighted by atomic mass is 32.2. The largest absolute Gasteiger partial charge is 0.374 e. The summed E-state index contributed by atoms with van der Waals surface area (Å²) in [5.41, 5.74) is 4.67. The third-order valence-electron chi connectivity index (χ3n) is 4.79. The Hall–Kier alpha value is -2.67. The molecular weight excluding hydrogens is 392 g/mol.